The molecule has 0 saturated carbocycles. The van der Waals surface area contributed by atoms with Crippen LogP contribution in [0.3, 0.4) is 0 Å². The van der Waals surface area contributed by atoms with Crippen molar-refractivity contribution in [3.8, 4) is 11.5 Å². The van der Waals surface area contributed by atoms with Gasteiger partial charge in [-0.2, -0.15) is 0 Å². The molecule has 0 aliphatic heterocycles. The number of aromatic carboxylic acids is 1. The van der Waals surface area contributed by atoms with Crippen LogP contribution >= 0.6 is 15.9 Å². The lowest BCUT2D eigenvalue weighted by Gasteiger charge is -2.11. The molecule has 0 aromatic heterocycles. The number of carbonyl (C=O) groups is 2. The molecule has 0 fully saturated rings. The molecule has 0 aliphatic carbocycles. The highest BCUT2D eigenvalue weighted by molar-refractivity contribution is 9.10. The van der Waals surface area contributed by atoms with E-state index in [2.05, 4.69) is 15.9 Å². The van der Waals surface area contributed by atoms with E-state index in [9.17, 15) is 9.59 Å². The third kappa shape index (κ3) is 3.35. The summed E-state index contributed by atoms with van der Waals surface area (Å²) < 4.78 is 10.2. The van der Waals surface area contributed by atoms with E-state index >= 15 is 0 Å². The lowest BCUT2D eigenvalue weighted by atomic mass is 10.2. The quantitative estimate of drug-likeness (QED) is 0.858. The maximum Gasteiger partial charge on any atom is 0.341 e. The van der Waals surface area contributed by atoms with E-state index in [1.165, 1.54) is 19.2 Å². The fraction of sp³-hybridized carbons (Fsp3) is 0.200. The first-order valence-electron chi connectivity index (χ1n) is 4.41. The van der Waals surface area contributed by atoms with E-state index in [1.807, 2.05) is 0 Å². The van der Waals surface area contributed by atoms with Gasteiger partial charge in [0, 0.05) is 0 Å². The molecule has 7 heteroatoms. The lowest BCUT2D eigenvalue weighted by molar-refractivity contribution is -0.139. The lowest BCUT2D eigenvalue weighted by Crippen LogP contribution is -2.11. The summed E-state index contributed by atoms with van der Waals surface area (Å²) >= 11 is 3.10. The summed E-state index contributed by atoms with van der Waals surface area (Å²) in [5.41, 5.74) is 0.0106. The molecule has 1 aromatic rings. The fourth-order valence-corrected chi connectivity index (χ4v) is 1.67. The second-order valence-corrected chi connectivity index (χ2v) is 3.83. The minimum atomic E-state index is -1.14. The maximum absolute atomic E-state index is 10.8. The fourth-order valence-electron chi connectivity index (χ4n) is 1.12. The summed E-state index contributed by atoms with van der Waals surface area (Å²) in [6.07, 6.45) is 0. The van der Waals surface area contributed by atoms with Crippen molar-refractivity contribution in [2.75, 3.05) is 13.7 Å². The van der Waals surface area contributed by atoms with Gasteiger partial charge >= 0.3 is 11.9 Å². The minimum Gasteiger partial charge on any atom is -0.493 e. The number of benzene rings is 1. The first kappa shape index (κ1) is 13.3. The second kappa shape index (κ2) is 5.53. The van der Waals surface area contributed by atoms with E-state index in [0.717, 1.165) is 0 Å². The monoisotopic (exact) mass is 304 g/mol. The molecule has 6 nitrogen and oxygen atoms in total. The number of rotatable bonds is 5. The van der Waals surface area contributed by atoms with Gasteiger partial charge in [-0.25, -0.2) is 9.59 Å². The SMILES string of the molecule is COc1cc(C(=O)O)cc(Br)c1OCC(=O)O. The summed E-state index contributed by atoms with van der Waals surface area (Å²) in [6, 6.07) is 2.56. The first-order chi connectivity index (χ1) is 7.95. The number of methoxy groups -OCH3 is 1. The molecule has 17 heavy (non-hydrogen) atoms. The van der Waals surface area contributed by atoms with Crippen LogP contribution in [0.5, 0.6) is 11.5 Å². The summed E-state index contributed by atoms with van der Waals surface area (Å²) in [7, 11) is 1.33. The Morgan fingerprint density at radius 1 is 1.35 bits per heavy atom. The van der Waals surface area contributed by atoms with Gasteiger partial charge in [-0.1, -0.05) is 0 Å². The number of hydrogen-bond acceptors (Lipinski definition) is 4. The second-order valence-electron chi connectivity index (χ2n) is 2.98. The van der Waals surface area contributed by atoms with Crippen LogP contribution < -0.4 is 9.47 Å². The minimum absolute atomic E-state index is 0.0106. The molecular weight excluding hydrogens is 296 g/mol. The molecule has 1 aromatic carbocycles. The zero-order chi connectivity index (χ0) is 13.0. The smallest absolute Gasteiger partial charge is 0.341 e. The van der Waals surface area contributed by atoms with Crippen molar-refractivity contribution in [3.63, 3.8) is 0 Å². The van der Waals surface area contributed by atoms with E-state index in [-0.39, 0.29) is 17.1 Å². The third-order valence-corrected chi connectivity index (χ3v) is 2.41. The Bertz CT molecular complexity index is 456. The van der Waals surface area contributed by atoms with Gasteiger partial charge in [0.2, 0.25) is 0 Å². The van der Waals surface area contributed by atoms with Gasteiger partial charge in [0.1, 0.15) is 0 Å². The predicted octanol–water partition coefficient (Wildman–Crippen LogP) is 1.62. The average Bonchev–Trinajstić information content (AvgIpc) is 2.25. The maximum atomic E-state index is 10.8. The average molecular weight is 305 g/mol. The van der Waals surface area contributed by atoms with Crippen molar-refractivity contribution in [1.82, 2.24) is 0 Å². The first-order valence-corrected chi connectivity index (χ1v) is 5.20. The zero-order valence-electron chi connectivity index (χ0n) is 8.77. The van der Waals surface area contributed by atoms with Crippen LogP contribution in [-0.4, -0.2) is 35.9 Å². The summed E-state index contributed by atoms with van der Waals surface area (Å²) in [6.45, 7) is -0.540. The van der Waals surface area contributed by atoms with Gasteiger partial charge in [-0.05, 0) is 28.1 Å². The standard InChI is InChI=1S/C10H9BrO6/c1-16-7-3-5(10(14)15)2-6(11)9(7)17-4-8(12)13/h2-3H,4H2,1H3,(H,12,13)(H,14,15). The highest BCUT2D eigenvalue weighted by Gasteiger charge is 2.15. The Kier molecular flexibility index (Phi) is 4.33. The van der Waals surface area contributed by atoms with Gasteiger partial charge in [-0.15, -0.1) is 0 Å². The van der Waals surface area contributed by atoms with E-state index in [0.29, 0.717) is 4.47 Å². The molecular formula is C10H9BrO6. The van der Waals surface area contributed by atoms with E-state index in [1.54, 1.807) is 0 Å². The topological polar surface area (TPSA) is 93.1 Å². The molecule has 1 rings (SSSR count). The van der Waals surface area contributed by atoms with Crippen molar-refractivity contribution in [1.29, 1.82) is 0 Å². The van der Waals surface area contributed by atoms with Crippen LogP contribution in [-0.2, 0) is 4.79 Å². The number of carboxylic acids is 2. The van der Waals surface area contributed by atoms with Gasteiger partial charge < -0.3 is 19.7 Å². The Morgan fingerprint density at radius 3 is 2.47 bits per heavy atom. The van der Waals surface area contributed by atoms with Crippen molar-refractivity contribution < 1.29 is 29.3 Å². The Balaban J connectivity index is 3.12. The largest absolute Gasteiger partial charge is 0.493 e. The van der Waals surface area contributed by atoms with Gasteiger partial charge in [0.15, 0.2) is 18.1 Å². The Morgan fingerprint density at radius 2 is 2.00 bits per heavy atom. The highest BCUT2D eigenvalue weighted by Crippen LogP contribution is 2.36. The van der Waals surface area contributed by atoms with Crippen LogP contribution in [0.1, 0.15) is 10.4 Å². The van der Waals surface area contributed by atoms with E-state index < -0.39 is 18.5 Å². The summed E-state index contributed by atoms with van der Waals surface area (Å²) in [5.74, 6) is -1.95. The van der Waals surface area contributed by atoms with Crippen LogP contribution in [0, 0.1) is 0 Å². The third-order valence-electron chi connectivity index (χ3n) is 1.82. The highest BCUT2D eigenvalue weighted by atomic mass is 79.9. The molecule has 0 aliphatic rings. The van der Waals surface area contributed by atoms with Crippen LogP contribution in [0.25, 0.3) is 0 Å². The van der Waals surface area contributed by atoms with Crippen molar-refractivity contribution >= 4 is 27.9 Å². The number of aliphatic carboxylic acids is 1. The van der Waals surface area contributed by atoms with Gasteiger partial charge in [-0.3, -0.25) is 0 Å². The molecule has 0 atom stereocenters. The number of hydrogen-bond donors (Lipinski definition) is 2. The molecule has 0 spiro atoms. The van der Waals surface area contributed by atoms with Crippen LogP contribution in [0.2, 0.25) is 0 Å². The Labute approximate surface area is 105 Å². The summed E-state index contributed by atoms with van der Waals surface area (Å²) in [4.78, 5) is 21.2. The number of ether oxygens (including phenoxy) is 2. The molecule has 2 N–H and O–H groups in total. The van der Waals surface area contributed by atoms with Crippen molar-refractivity contribution in [2.24, 2.45) is 0 Å². The van der Waals surface area contributed by atoms with Crippen molar-refractivity contribution in [2.45, 2.75) is 0 Å². The molecule has 0 amide bonds. The Hall–Kier alpha value is -1.76. The number of carboxylic acid groups (broad SMARTS) is 2. The molecule has 0 saturated heterocycles. The van der Waals surface area contributed by atoms with Crippen LogP contribution in [0.15, 0.2) is 16.6 Å². The molecule has 0 heterocycles. The molecule has 0 radical (unpaired) electrons. The van der Waals surface area contributed by atoms with E-state index in [4.69, 9.17) is 19.7 Å². The molecule has 0 unspecified atom stereocenters. The zero-order valence-corrected chi connectivity index (χ0v) is 10.4. The summed E-state index contributed by atoms with van der Waals surface area (Å²) in [5, 5.41) is 17.3. The van der Waals surface area contributed by atoms with Gasteiger partial charge in [0.05, 0.1) is 17.1 Å². The molecule has 92 valence electrons. The normalized spacial score (nSPS) is 9.76. The van der Waals surface area contributed by atoms with Crippen LogP contribution in [0.4, 0.5) is 0 Å². The van der Waals surface area contributed by atoms with Crippen molar-refractivity contribution in [3.05, 3.63) is 22.2 Å². The van der Waals surface area contributed by atoms with Gasteiger partial charge in [0.25, 0.3) is 0 Å². The predicted molar refractivity (Wildman–Crippen MR) is 60.8 cm³/mol. The molecule has 0 bridgehead atoms. The number of halogens is 1.